The molecule has 0 aromatic heterocycles. The molecule has 0 heterocycles. The second-order valence-electron chi connectivity index (χ2n) is 5.94. The van der Waals surface area contributed by atoms with Crippen LogP contribution in [0, 0.1) is 6.92 Å². The van der Waals surface area contributed by atoms with Gasteiger partial charge in [0, 0.05) is 15.6 Å². The van der Waals surface area contributed by atoms with Crippen LogP contribution in [0.5, 0.6) is 0 Å². The van der Waals surface area contributed by atoms with Crippen LogP contribution in [0.25, 0.3) is 0 Å². The van der Waals surface area contributed by atoms with Crippen LogP contribution < -0.4 is 0 Å². The molecule has 0 unspecified atom stereocenters. The van der Waals surface area contributed by atoms with Crippen molar-refractivity contribution in [3.05, 3.63) is 106 Å². The largest absolute Gasteiger partial charge is 0.445 e. The Kier molecular flexibility index (Phi) is 5.64. The number of hydrogen-bond acceptors (Lipinski definition) is 3. The molecule has 0 amide bonds. The first kappa shape index (κ1) is 18.1. The molecule has 3 nitrogen and oxygen atoms in total. The average molecular weight is 409 g/mol. The van der Waals surface area contributed by atoms with Crippen molar-refractivity contribution >= 4 is 27.7 Å². The molecular weight excluding hydrogens is 392 g/mol. The highest BCUT2D eigenvalue weighted by molar-refractivity contribution is 9.10. The van der Waals surface area contributed by atoms with E-state index in [1.54, 1.807) is 42.5 Å². The summed E-state index contributed by atoms with van der Waals surface area (Å²) in [5.74, 6) is -0.792. The first-order valence-electron chi connectivity index (χ1n) is 8.17. The third-order valence-electron chi connectivity index (χ3n) is 3.96. The molecule has 0 saturated carbocycles. The zero-order valence-corrected chi connectivity index (χ0v) is 15.8. The third-order valence-corrected chi connectivity index (χ3v) is 4.45. The number of esters is 1. The molecule has 0 spiro atoms. The summed E-state index contributed by atoms with van der Waals surface area (Å²) >= 11 is 3.34. The van der Waals surface area contributed by atoms with Gasteiger partial charge in [-0.1, -0.05) is 82.2 Å². The van der Waals surface area contributed by atoms with Crippen LogP contribution >= 0.6 is 15.9 Å². The maximum Gasteiger partial charge on any atom is 0.339 e. The van der Waals surface area contributed by atoms with E-state index in [4.69, 9.17) is 4.74 Å². The van der Waals surface area contributed by atoms with Crippen molar-refractivity contribution < 1.29 is 14.3 Å². The minimum absolute atomic E-state index is 0.250. The van der Waals surface area contributed by atoms with Gasteiger partial charge >= 0.3 is 5.97 Å². The summed E-state index contributed by atoms with van der Waals surface area (Å²) in [6.07, 6.45) is -0.995. The van der Waals surface area contributed by atoms with Crippen molar-refractivity contribution in [1.29, 1.82) is 0 Å². The zero-order valence-electron chi connectivity index (χ0n) is 14.2. The van der Waals surface area contributed by atoms with Crippen molar-refractivity contribution in [2.75, 3.05) is 0 Å². The van der Waals surface area contributed by atoms with Crippen LogP contribution in [0.2, 0.25) is 0 Å². The van der Waals surface area contributed by atoms with E-state index in [2.05, 4.69) is 15.9 Å². The van der Waals surface area contributed by atoms with E-state index in [1.165, 1.54) is 0 Å². The first-order chi connectivity index (χ1) is 12.5. The van der Waals surface area contributed by atoms with Crippen molar-refractivity contribution in [1.82, 2.24) is 0 Å². The maximum absolute atomic E-state index is 13.0. The quantitative estimate of drug-likeness (QED) is 0.411. The lowest BCUT2D eigenvalue weighted by Gasteiger charge is -2.17. The van der Waals surface area contributed by atoms with Crippen molar-refractivity contribution in [2.24, 2.45) is 0 Å². The zero-order chi connectivity index (χ0) is 18.5. The van der Waals surface area contributed by atoms with E-state index in [0.29, 0.717) is 16.7 Å². The first-order valence-corrected chi connectivity index (χ1v) is 8.96. The van der Waals surface area contributed by atoms with Crippen LogP contribution in [0.1, 0.15) is 37.9 Å². The Morgan fingerprint density at radius 1 is 0.846 bits per heavy atom. The van der Waals surface area contributed by atoms with Gasteiger partial charge in [0.15, 0.2) is 6.10 Å². The number of aryl methyl sites for hydroxylation is 1. The number of carbonyl (C=O) groups excluding carboxylic acids is 2. The summed E-state index contributed by atoms with van der Waals surface area (Å²) in [6.45, 7) is 1.95. The van der Waals surface area contributed by atoms with Crippen LogP contribution in [0.15, 0.2) is 83.3 Å². The van der Waals surface area contributed by atoms with Gasteiger partial charge in [-0.25, -0.2) is 4.79 Å². The Balaban J connectivity index is 1.92. The van der Waals surface area contributed by atoms with Crippen LogP contribution in [0.4, 0.5) is 0 Å². The van der Waals surface area contributed by atoms with E-state index in [9.17, 15) is 9.59 Å². The molecule has 0 saturated heterocycles. The number of Topliss-reactive ketones (excluding diaryl/α,β-unsaturated/α-hetero) is 1. The Morgan fingerprint density at radius 3 is 2.19 bits per heavy atom. The smallest absolute Gasteiger partial charge is 0.339 e. The molecule has 0 fully saturated rings. The molecule has 0 radical (unpaired) electrons. The summed E-state index contributed by atoms with van der Waals surface area (Å²) < 4.78 is 6.39. The lowest BCUT2D eigenvalue weighted by molar-refractivity contribution is 0.0280. The lowest BCUT2D eigenvalue weighted by atomic mass is 9.99. The maximum atomic E-state index is 13.0. The summed E-state index contributed by atoms with van der Waals surface area (Å²) in [4.78, 5) is 25.6. The van der Waals surface area contributed by atoms with E-state index >= 15 is 0 Å². The number of ether oxygens (including phenoxy) is 1. The molecule has 130 valence electrons. The van der Waals surface area contributed by atoms with E-state index in [1.807, 2.05) is 43.3 Å². The van der Waals surface area contributed by atoms with Gasteiger partial charge in [0.25, 0.3) is 0 Å². The Bertz CT molecular complexity index is 918. The molecule has 0 bridgehead atoms. The molecule has 0 N–H and O–H groups in total. The average Bonchev–Trinajstić information content (AvgIpc) is 2.66. The molecule has 0 aliphatic heterocycles. The molecule has 3 aromatic rings. The lowest BCUT2D eigenvalue weighted by Crippen LogP contribution is -2.20. The Morgan fingerprint density at radius 2 is 1.54 bits per heavy atom. The van der Waals surface area contributed by atoms with Crippen LogP contribution in [0.3, 0.4) is 0 Å². The van der Waals surface area contributed by atoms with Crippen LogP contribution in [-0.2, 0) is 4.74 Å². The predicted octanol–water partition coefficient (Wildman–Crippen LogP) is 5.54. The van der Waals surface area contributed by atoms with Crippen molar-refractivity contribution in [3.8, 4) is 0 Å². The number of carbonyl (C=O) groups is 2. The fourth-order valence-electron chi connectivity index (χ4n) is 2.56. The Labute approximate surface area is 160 Å². The molecule has 0 aliphatic rings. The monoisotopic (exact) mass is 408 g/mol. The fourth-order valence-corrected chi connectivity index (χ4v) is 2.96. The van der Waals surface area contributed by atoms with Gasteiger partial charge in [-0.05, 0) is 25.1 Å². The molecule has 26 heavy (non-hydrogen) atoms. The number of ketones is 1. The molecule has 4 heteroatoms. The molecule has 3 rings (SSSR count). The highest BCUT2D eigenvalue weighted by atomic mass is 79.9. The van der Waals surface area contributed by atoms with Crippen molar-refractivity contribution in [2.45, 2.75) is 13.0 Å². The fraction of sp³-hybridized carbons (Fsp3) is 0.0909. The van der Waals surface area contributed by atoms with Gasteiger partial charge in [0.1, 0.15) is 0 Å². The SMILES string of the molecule is Cc1ccc(C(=O)[C@@H](OC(=O)c2cccc(Br)c2)c2ccccc2)cc1. The molecular formula is C22H17BrO3. The highest BCUT2D eigenvalue weighted by Crippen LogP contribution is 2.25. The summed E-state index contributed by atoms with van der Waals surface area (Å²) in [7, 11) is 0. The predicted molar refractivity (Wildman–Crippen MR) is 104 cm³/mol. The van der Waals surface area contributed by atoms with Crippen LogP contribution in [-0.4, -0.2) is 11.8 Å². The summed E-state index contributed by atoms with van der Waals surface area (Å²) in [5.41, 5.74) is 2.59. The second kappa shape index (κ2) is 8.11. The highest BCUT2D eigenvalue weighted by Gasteiger charge is 2.26. The van der Waals surface area contributed by atoms with Gasteiger partial charge in [-0.2, -0.15) is 0 Å². The molecule has 1 atom stereocenters. The van der Waals surface area contributed by atoms with Gasteiger partial charge in [0.2, 0.25) is 5.78 Å². The molecule has 0 aliphatic carbocycles. The van der Waals surface area contributed by atoms with Gasteiger partial charge < -0.3 is 4.74 Å². The van der Waals surface area contributed by atoms with Gasteiger partial charge in [-0.15, -0.1) is 0 Å². The summed E-state index contributed by atoms with van der Waals surface area (Å²) in [5, 5.41) is 0. The summed E-state index contributed by atoms with van der Waals surface area (Å²) in [6, 6.07) is 23.2. The van der Waals surface area contributed by atoms with Gasteiger partial charge in [0.05, 0.1) is 5.56 Å². The number of rotatable bonds is 5. The van der Waals surface area contributed by atoms with E-state index in [-0.39, 0.29) is 5.78 Å². The van der Waals surface area contributed by atoms with Gasteiger partial charge in [-0.3, -0.25) is 4.79 Å². The van der Waals surface area contributed by atoms with E-state index < -0.39 is 12.1 Å². The second-order valence-corrected chi connectivity index (χ2v) is 6.85. The number of benzene rings is 3. The number of hydrogen-bond donors (Lipinski definition) is 0. The minimum atomic E-state index is -0.995. The minimum Gasteiger partial charge on any atom is -0.445 e. The van der Waals surface area contributed by atoms with E-state index in [0.717, 1.165) is 10.0 Å². The topological polar surface area (TPSA) is 43.4 Å². The Hall–Kier alpha value is -2.72. The normalized spacial score (nSPS) is 11.6. The molecule has 3 aromatic carbocycles. The standard InChI is InChI=1S/C22H17BrO3/c1-15-10-12-16(13-11-15)20(24)21(17-6-3-2-4-7-17)26-22(25)18-8-5-9-19(23)14-18/h2-14,21H,1H3/t21-/m0/s1. The third kappa shape index (κ3) is 4.27. The number of halogens is 1. The van der Waals surface area contributed by atoms with Crippen molar-refractivity contribution in [3.63, 3.8) is 0 Å².